The molecular formula is C27H29N3O3S. The van der Waals surface area contributed by atoms with E-state index in [-0.39, 0.29) is 24.4 Å². The second-order valence-electron chi connectivity index (χ2n) is 8.70. The van der Waals surface area contributed by atoms with Gasteiger partial charge in [-0.2, -0.15) is 0 Å². The highest BCUT2D eigenvalue weighted by Crippen LogP contribution is 2.44. The van der Waals surface area contributed by atoms with Crippen molar-refractivity contribution in [2.75, 3.05) is 0 Å². The van der Waals surface area contributed by atoms with E-state index in [0.717, 1.165) is 27.6 Å². The molecule has 0 radical (unpaired) electrons. The van der Waals surface area contributed by atoms with Crippen molar-refractivity contribution in [1.82, 2.24) is 10.2 Å². The molecule has 176 valence electrons. The molecule has 2 aromatic rings. The standard InChI is InChI=1S/C27H29N3O3S/c1-17(2)33-26(32)24-19(4)29-27-30(25(24)21-12-10-18(3)11-13-21)22(16-34-27)14-23(31)28-15-20-8-6-5-7-9-20/h5-13,16-17,25H,14-15H2,1-4H3,(H,28,31). The predicted molar refractivity (Wildman–Crippen MR) is 136 cm³/mol. The zero-order valence-electron chi connectivity index (χ0n) is 19.9. The molecule has 34 heavy (non-hydrogen) atoms. The summed E-state index contributed by atoms with van der Waals surface area (Å²) in [6, 6.07) is 17.5. The van der Waals surface area contributed by atoms with Crippen LogP contribution in [0.2, 0.25) is 0 Å². The van der Waals surface area contributed by atoms with Gasteiger partial charge in [0.1, 0.15) is 0 Å². The minimum absolute atomic E-state index is 0.0859. The van der Waals surface area contributed by atoms with E-state index in [2.05, 4.69) is 5.32 Å². The Morgan fingerprint density at radius 1 is 1.09 bits per heavy atom. The number of aliphatic imine (C=N–C) groups is 1. The fourth-order valence-corrected chi connectivity index (χ4v) is 4.96. The molecule has 0 bridgehead atoms. The number of ether oxygens (including phenoxy) is 1. The summed E-state index contributed by atoms with van der Waals surface area (Å²) in [6.45, 7) is 8.00. The van der Waals surface area contributed by atoms with E-state index < -0.39 is 6.04 Å². The van der Waals surface area contributed by atoms with Crippen molar-refractivity contribution < 1.29 is 14.3 Å². The summed E-state index contributed by atoms with van der Waals surface area (Å²) in [5, 5.41) is 5.70. The van der Waals surface area contributed by atoms with Gasteiger partial charge >= 0.3 is 5.97 Å². The third-order valence-corrected chi connectivity index (χ3v) is 6.52. The van der Waals surface area contributed by atoms with Crippen LogP contribution in [-0.2, 0) is 20.9 Å². The highest BCUT2D eigenvalue weighted by molar-refractivity contribution is 8.16. The highest BCUT2D eigenvalue weighted by Gasteiger charge is 2.41. The van der Waals surface area contributed by atoms with Crippen LogP contribution in [0.15, 0.2) is 82.0 Å². The smallest absolute Gasteiger partial charge is 0.338 e. The number of nitrogens with zero attached hydrogens (tertiary/aromatic N) is 2. The molecule has 2 aromatic carbocycles. The molecule has 0 spiro atoms. The average Bonchev–Trinajstić information content (AvgIpc) is 3.19. The number of esters is 1. The SMILES string of the molecule is CC1=C(C(=O)OC(C)C)C(c2ccc(C)cc2)N2C(CC(=O)NCc3ccccc3)=CSC2=N1. The fraction of sp³-hybridized carbons (Fsp3) is 0.296. The third-order valence-electron chi connectivity index (χ3n) is 5.63. The van der Waals surface area contributed by atoms with Crippen molar-refractivity contribution in [3.63, 3.8) is 0 Å². The quantitative estimate of drug-likeness (QED) is 0.556. The lowest BCUT2D eigenvalue weighted by Gasteiger charge is -2.36. The maximum Gasteiger partial charge on any atom is 0.338 e. The van der Waals surface area contributed by atoms with Gasteiger partial charge < -0.3 is 15.0 Å². The Morgan fingerprint density at radius 2 is 1.79 bits per heavy atom. The molecule has 0 aliphatic carbocycles. The Morgan fingerprint density at radius 3 is 2.47 bits per heavy atom. The Labute approximate surface area is 204 Å². The monoisotopic (exact) mass is 475 g/mol. The van der Waals surface area contributed by atoms with E-state index in [1.54, 1.807) is 0 Å². The van der Waals surface area contributed by atoms with E-state index in [4.69, 9.17) is 9.73 Å². The number of carbonyl (C=O) groups excluding carboxylic acids is 2. The summed E-state index contributed by atoms with van der Waals surface area (Å²) in [5.74, 6) is -0.470. The van der Waals surface area contributed by atoms with Gasteiger partial charge in [-0.25, -0.2) is 9.79 Å². The van der Waals surface area contributed by atoms with Gasteiger partial charge in [-0.15, -0.1) is 0 Å². The Bertz CT molecular complexity index is 1170. The van der Waals surface area contributed by atoms with Gasteiger partial charge in [0.25, 0.3) is 0 Å². The van der Waals surface area contributed by atoms with Gasteiger partial charge in [-0.1, -0.05) is 71.9 Å². The van der Waals surface area contributed by atoms with E-state index in [1.807, 2.05) is 92.6 Å². The first kappa shape index (κ1) is 23.8. The first-order chi connectivity index (χ1) is 16.3. The van der Waals surface area contributed by atoms with Gasteiger partial charge in [0.05, 0.1) is 29.8 Å². The van der Waals surface area contributed by atoms with Crippen LogP contribution < -0.4 is 5.32 Å². The van der Waals surface area contributed by atoms with Crippen LogP contribution in [0.3, 0.4) is 0 Å². The number of hydrogen-bond acceptors (Lipinski definition) is 6. The zero-order chi connectivity index (χ0) is 24.2. The molecule has 0 saturated heterocycles. The number of amidine groups is 1. The predicted octanol–water partition coefficient (Wildman–Crippen LogP) is 5.23. The molecule has 1 atom stereocenters. The number of carbonyl (C=O) groups is 2. The number of nitrogens with one attached hydrogen (secondary N) is 1. The molecule has 0 aromatic heterocycles. The van der Waals surface area contributed by atoms with Crippen LogP contribution in [0.5, 0.6) is 0 Å². The van der Waals surface area contributed by atoms with Crippen LogP contribution in [-0.4, -0.2) is 28.0 Å². The molecule has 7 heteroatoms. The van der Waals surface area contributed by atoms with Crippen LogP contribution in [0.4, 0.5) is 0 Å². The van der Waals surface area contributed by atoms with Gasteiger partial charge in [-0.3, -0.25) is 4.79 Å². The van der Waals surface area contributed by atoms with Crippen LogP contribution in [0.25, 0.3) is 0 Å². The number of fused-ring (bicyclic) bond motifs is 1. The number of benzene rings is 2. The van der Waals surface area contributed by atoms with Crippen molar-refractivity contribution in [2.24, 2.45) is 4.99 Å². The van der Waals surface area contributed by atoms with E-state index in [9.17, 15) is 9.59 Å². The second kappa shape index (κ2) is 10.3. The summed E-state index contributed by atoms with van der Waals surface area (Å²) in [4.78, 5) is 32.7. The first-order valence-electron chi connectivity index (χ1n) is 11.4. The minimum atomic E-state index is -0.414. The Kier molecular flexibility index (Phi) is 7.22. The van der Waals surface area contributed by atoms with E-state index >= 15 is 0 Å². The molecular weight excluding hydrogens is 446 g/mol. The number of allylic oxidation sites excluding steroid dienone is 1. The summed E-state index contributed by atoms with van der Waals surface area (Å²) in [5.41, 5.74) is 5.07. The fourth-order valence-electron chi connectivity index (χ4n) is 4.00. The number of amides is 1. The molecule has 2 heterocycles. The molecule has 2 aliphatic heterocycles. The molecule has 4 rings (SSSR count). The summed E-state index contributed by atoms with van der Waals surface area (Å²) in [7, 11) is 0. The van der Waals surface area contributed by atoms with Crippen molar-refractivity contribution in [2.45, 2.75) is 52.8 Å². The summed E-state index contributed by atoms with van der Waals surface area (Å²) < 4.78 is 5.59. The maximum atomic E-state index is 13.2. The topological polar surface area (TPSA) is 71.0 Å². The van der Waals surface area contributed by atoms with Crippen molar-refractivity contribution in [3.05, 3.63) is 93.7 Å². The van der Waals surface area contributed by atoms with E-state index in [1.165, 1.54) is 11.8 Å². The summed E-state index contributed by atoms with van der Waals surface area (Å²) >= 11 is 1.47. The van der Waals surface area contributed by atoms with Crippen LogP contribution >= 0.6 is 11.8 Å². The van der Waals surface area contributed by atoms with Gasteiger partial charge in [0, 0.05) is 12.2 Å². The molecule has 6 nitrogen and oxygen atoms in total. The van der Waals surface area contributed by atoms with Crippen molar-refractivity contribution in [1.29, 1.82) is 0 Å². The van der Waals surface area contributed by atoms with Gasteiger partial charge in [0.15, 0.2) is 5.17 Å². The highest BCUT2D eigenvalue weighted by atomic mass is 32.2. The van der Waals surface area contributed by atoms with Crippen molar-refractivity contribution in [3.8, 4) is 0 Å². The number of hydrogen-bond donors (Lipinski definition) is 1. The second-order valence-corrected chi connectivity index (χ2v) is 9.53. The molecule has 1 N–H and O–H groups in total. The lowest BCUT2D eigenvalue weighted by atomic mass is 9.93. The minimum Gasteiger partial charge on any atom is -0.459 e. The summed E-state index contributed by atoms with van der Waals surface area (Å²) in [6.07, 6.45) is -0.0594. The molecule has 1 unspecified atom stereocenters. The largest absolute Gasteiger partial charge is 0.459 e. The van der Waals surface area contributed by atoms with Crippen LogP contribution in [0, 0.1) is 6.92 Å². The average molecular weight is 476 g/mol. The zero-order valence-corrected chi connectivity index (χ0v) is 20.7. The molecule has 1 amide bonds. The third kappa shape index (κ3) is 5.25. The van der Waals surface area contributed by atoms with Gasteiger partial charge in [-0.05, 0) is 44.2 Å². The van der Waals surface area contributed by atoms with E-state index in [0.29, 0.717) is 17.8 Å². The van der Waals surface area contributed by atoms with Gasteiger partial charge in [0.2, 0.25) is 5.91 Å². The maximum absolute atomic E-state index is 13.2. The lowest BCUT2D eigenvalue weighted by Crippen LogP contribution is -2.38. The molecule has 2 aliphatic rings. The molecule has 0 fully saturated rings. The Hall–Kier alpha value is -3.32. The first-order valence-corrected chi connectivity index (χ1v) is 12.2. The van der Waals surface area contributed by atoms with Crippen molar-refractivity contribution >= 4 is 28.8 Å². The normalized spacial score (nSPS) is 17.3. The molecule has 0 saturated carbocycles. The van der Waals surface area contributed by atoms with Crippen LogP contribution in [0.1, 0.15) is 49.9 Å². The number of thioether (sulfide) groups is 1. The Balaban J connectivity index is 1.61. The lowest BCUT2D eigenvalue weighted by molar-refractivity contribution is -0.143. The number of rotatable bonds is 7. The number of aryl methyl sites for hydroxylation is 1.